The van der Waals surface area contributed by atoms with E-state index >= 15 is 0 Å². The summed E-state index contributed by atoms with van der Waals surface area (Å²) in [5, 5.41) is 5.45. The van der Waals surface area contributed by atoms with E-state index < -0.39 is 0 Å². The maximum Gasteiger partial charge on any atom is 0.258 e. The molecule has 0 aliphatic rings. The Morgan fingerprint density at radius 3 is 2.30 bits per heavy atom. The summed E-state index contributed by atoms with van der Waals surface area (Å²) >= 11 is 0. The van der Waals surface area contributed by atoms with E-state index in [4.69, 9.17) is 4.74 Å². The van der Waals surface area contributed by atoms with Crippen molar-refractivity contribution in [2.75, 3.05) is 19.7 Å². The fraction of sp³-hybridized carbons (Fsp3) is 0.556. The quantitative estimate of drug-likeness (QED) is 0.723. The fourth-order valence-corrected chi connectivity index (χ4v) is 2.18. The highest BCUT2D eigenvalue weighted by Gasteiger charge is 2.08. The Hall–Kier alpha value is -2.04. The number of carbonyl (C=O) groups excluding carboxylic acids is 2. The maximum absolute atomic E-state index is 11.7. The molecule has 5 nitrogen and oxygen atoms in total. The van der Waals surface area contributed by atoms with Crippen LogP contribution in [-0.4, -0.2) is 31.5 Å². The van der Waals surface area contributed by atoms with Crippen molar-refractivity contribution in [1.82, 2.24) is 10.6 Å². The zero-order valence-corrected chi connectivity index (χ0v) is 14.7. The number of ether oxygens (including phenoxy) is 1. The molecule has 23 heavy (non-hydrogen) atoms. The van der Waals surface area contributed by atoms with Crippen LogP contribution in [0.4, 0.5) is 0 Å². The van der Waals surface area contributed by atoms with E-state index in [1.165, 1.54) is 5.56 Å². The van der Waals surface area contributed by atoms with Gasteiger partial charge in [-0.05, 0) is 36.1 Å². The molecule has 0 unspecified atom stereocenters. The van der Waals surface area contributed by atoms with Gasteiger partial charge in [0.1, 0.15) is 5.75 Å². The fourth-order valence-electron chi connectivity index (χ4n) is 2.18. The minimum Gasteiger partial charge on any atom is -0.484 e. The van der Waals surface area contributed by atoms with Gasteiger partial charge in [-0.2, -0.15) is 0 Å². The summed E-state index contributed by atoms with van der Waals surface area (Å²) in [6.45, 7) is 10.8. The lowest BCUT2D eigenvalue weighted by Crippen LogP contribution is -2.38. The zero-order chi connectivity index (χ0) is 17.4. The summed E-state index contributed by atoms with van der Waals surface area (Å²) in [5.41, 5.74) is 2.44. The maximum atomic E-state index is 11.7. The molecule has 2 amide bonds. The Bertz CT molecular complexity index is 539. The second-order valence-corrected chi connectivity index (χ2v) is 6.26. The van der Waals surface area contributed by atoms with Crippen molar-refractivity contribution in [2.24, 2.45) is 5.92 Å². The summed E-state index contributed by atoms with van der Waals surface area (Å²) < 4.78 is 5.50. The Kier molecular flexibility index (Phi) is 7.59. The molecule has 5 heteroatoms. The van der Waals surface area contributed by atoms with Crippen LogP contribution in [0.2, 0.25) is 0 Å². The highest BCUT2D eigenvalue weighted by Crippen LogP contribution is 2.23. The molecule has 0 aliphatic carbocycles. The van der Waals surface area contributed by atoms with Crippen LogP contribution < -0.4 is 15.4 Å². The summed E-state index contributed by atoms with van der Waals surface area (Å²) in [7, 11) is 0. The van der Waals surface area contributed by atoms with Gasteiger partial charge in [-0.3, -0.25) is 9.59 Å². The molecule has 1 rings (SSSR count). The SMILES string of the molecule is Cc1cc(OCC(=O)NCCNC(=O)C(C)C)ccc1C(C)C. The van der Waals surface area contributed by atoms with Crippen LogP contribution in [0.15, 0.2) is 18.2 Å². The summed E-state index contributed by atoms with van der Waals surface area (Å²) in [6, 6.07) is 5.87. The Morgan fingerprint density at radius 1 is 1.09 bits per heavy atom. The predicted molar refractivity (Wildman–Crippen MR) is 91.6 cm³/mol. The Balaban J connectivity index is 2.31. The van der Waals surface area contributed by atoms with E-state index in [0.29, 0.717) is 24.8 Å². The zero-order valence-electron chi connectivity index (χ0n) is 14.7. The molecule has 1 aromatic rings. The van der Waals surface area contributed by atoms with Crippen molar-refractivity contribution in [3.8, 4) is 5.75 Å². The van der Waals surface area contributed by atoms with E-state index in [2.05, 4.69) is 24.5 Å². The molecule has 0 radical (unpaired) electrons. The summed E-state index contributed by atoms with van der Waals surface area (Å²) in [4.78, 5) is 23.1. The number of amides is 2. The molecule has 1 aromatic carbocycles. The minimum atomic E-state index is -0.200. The average Bonchev–Trinajstić information content (AvgIpc) is 2.48. The van der Waals surface area contributed by atoms with E-state index in [9.17, 15) is 9.59 Å². The van der Waals surface area contributed by atoms with Crippen LogP contribution in [0.5, 0.6) is 5.75 Å². The van der Waals surface area contributed by atoms with Gasteiger partial charge >= 0.3 is 0 Å². The molecule has 0 saturated heterocycles. The van der Waals surface area contributed by atoms with Crippen molar-refractivity contribution in [1.29, 1.82) is 0 Å². The van der Waals surface area contributed by atoms with E-state index in [1.54, 1.807) is 0 Å². The van der Waals surface area contributed by atoms with Gasteiger partial charge in [-0.15, -0.1) is 0 Å². The van der Waals surface area contributed by atoms with Gasteiger partial charge in [0.2, 0.25) is 5.91 Å². The third kappa shape index (κ3) is 6.72. The minimum absolute atomic E-state index is 0.0174. The van der Waals surface area contributed by atoms with Crippen LogP contribution in [0, 0.1) is 12.8 Å². The third-order valence-electron chi connectivity index (χ3n) is 3.50. The number of benzene rings is 1. The second-order valence-electron chi connectivity index (χ2n) is 6.26. The summed E-state index contributed by atoms with van der Waals surface area (Å²) in [6.07, 6.45) is 0. The lowest BCUT2D eigenvalue weighted by molar-refractivity contribution is -0.125. The largest absolute Gasteiger partial charge is 0.484 e. The summed E-state index contributed by atoms with van der Waals surface area (Å²) in [5.74, 6) is 0.889. The van der Waals surface area contributed by atoms with Gasteiger partial charge in [0.05, 0.1) is 0 Å². The Morgan fingerprint density at radius 2 is 1.74 bits per heavy atom. The number of carbonyl (C=O) groups is 2. The molecule has 0 heterocycles. The Labute approximate surface area is 138 Å². The van der Waals surface area contributed by atoms with E-state index in [-0.39, 0.29) is 24.3 Å². The van der Waals surface area contributed by atoms with Gasteiger partial charge in [0.25, 0.3) is 5.91 Å². The molecule has 128 valence electrons. The first kappa shape index (κ1) is 19.0. The normalized spacial score (nSPS) is 10.7. The topological polar surface area (TPSA) is 67.4 Å². The smallest absolute Gasteiger partial charge is 0.258 e. The average molecular weight is 320 g/mol. The molecule has 0 atom stereocenters. The first-order chi connectivity index (χ1) is 10.8. The van der Waals surface area contributed by atoms with Crippen LogP contribution >= 0.6 is 0 Å². The first-order valence-electron chi connectivity index (χ1n) is 8.09. The first-order valence-corrected chi connectivity index (χ1v) is 8.09. The standard InChI is InChI=1S/C18H28N2O3/c1-12(2)16-7-6-15(10-14(16)5)23-11-17(21)19-8-9-20-18(22)13(3)4/h6-7,10,12-13H,8-9,11H2,1-5H3,(H,19,21)(H,20,22). The molecule has 0 spiro atoms. The third-order valence-corrected chi connectivity index (χ3v) is 3.50. The number of hydrogen-bond donors (Lipinski definition) is 2. The van der Waals surface area contributed by atoms with Crippen LogP contribution in [0.3, 0.4) is 0 Å². The van der Waals surface area contributed by atoms with Gasteiger partial charge in [0, 0.05) is 19.0 Å². The molecule has 2 N–H and O–H groups in total. The molecule has 0 aromatic heterocycles. The van der Waals surface area contributed by atoms with E-state index in [1.807, 2.05) is 39.0 Å². The lowest BCUT2D eigenvalue weighted by Gasteiger charge is -2.13. The highest BCUT2D eigenvalue weighted by molar-refractivity contribution is 5.78. The lowest BCUT2D eigenvalue weighted by atomic mass is 9.98. The highest BCUT2D eigenvalue weighted by atomic mass is 16.5. The predicted octanol–water partition coefficient (Wildman–Crippen LogP) is 2.39. The van der Waals surface area contributed by atoms with Crippen molar-refractivity contribution >= 4 is 11.8 Å². The van der Waals surface area contributed by atoms with Crippen LogP contribution in [0.25, 0.3) is 0 Å². The molecule has 0 saturated carbocycles. The van der Waals surface area contributed by atoms with Crippen molar-refractivity contribution in [2.45, 2.75) is 40.5 Å². The van der Waals surface area contributed by atoms with Crippen molar-refractivity contribution in [3.63, 3.8) is 0 Å². The molecular formula is C18H28N2O3. The van der Waals surface area contributed by atoms with Gasteiger partial charge in [-0.25, -0.2) is 0 Å². The van der Waals surface area contributed by atoms with Gasteiger partial charge < -0.3 is 15.4 Å². The molecule has 0 fully saturated rings. The number of rotatable bonds is 8. The molecular weight excluding hydrogens is 292 g/mol. The van der Waals surface area contributed by atoms with Crippen LogP contribution in [-0.2, 0) is 9.59 Å². The number of nitrogens with one attached hydrogen (secondary N) is 2. The molecule has 0 aliphatic heterocycles. The number of hydrogen-bond acceptors (Lipinski definition) is 3. The van der Waals surface area contributed by atoms with Crippen molar-refractivity contribution in [3.05, 3.63) is 29.3 Å². The van der Waals surface area contributed by atoms with E-state index in [0.717, 1.165) is 5.56 Å². The monoisotopic (exact) mass is 320 g/mol. The molecule has 0 bridgehead atoms. The van der Waals surface area contributed by atoms with Gasteiger partial charge in [0.15, 0.2) is 6.61 Å². The number of aryl methyl sites for hydroxylation is 1. The van der Waals surface area contributed by atoms with Crippen molar-refractivity contribution < 1.29 is 14.3 Å². The second kappa shape index (κ2) is 9.18. The van der Waals surface area contributed by atoms with Crippen LogP contribution in [0.1, 0.15) is 44.7 Å². The van der Waals surface area contributed by atoms with Gasteiger partial charge in [-0.1, -0.05) is 33.8 Å².